The second-order valence-electron chi connectivity index (χ2n) is 6.08. The van der Waals surface area contributed by atoms with E-state index in [0.29, 0.717) is 22.2 Å². The molecule has 1 aromatic carbocycles. The van der Waals surface area contributed by atoms with E-state index in [9.17, 15) is 4.79 Å². The van der Waals surface area contributed by atoms with E-state index >= 15 is 0 Å². The number of carbonyl (C=O) groups is 1. The topological polar surface area (TPSA) is 80.2 Å². The maximum Gasteiger partial charge on any atom is 0.337 e. The Balaban J connectivity index is 1.72. The van der Waals surface area contributed by atoms with Crippen LogP contribution in [0.3, 0.4) is 0 Å². The monoisotopic (exact) mass is 397 g/mol. The average molecular weight is 398 g/mol. The first-order chi connectivity index (χ1) is 13.6. The summed E-state index contributed by atoms with van der Waals surface area (Å²) in [7, 11) is 3.30. The van der Waals surface area contributed by atoms with Gasteiger partial charge in [0.05, 0.1) is 23.4 Å². The van der Waals surface area contributed by atoms with Gasteiger partial charge in [0.1, 0.15) is 5.82 Å². The number of esters is 1. The minimum Gasteiger partial charge on any atom is -0.465 e. The van der Waals surface area contributed by atoms with E-state index in [-0.39, 0.29) is 0 Å². The van der Waals surface area contributed by atoms with Crippen molar-refractivity contribution < 1.29 is 9.53 Å². The van der Waals surface area contributed by atoms with Crippen molar-refractivity contribution in [3.63, 3.8) is 0 Å². The Morgan fingerprint density at radius 2 is 1.96 bits per heavy atom. The van der Waals surface area contributed by atoms with Crippen LogP contribution in [0.5, 0.6) is 0 Å². The summed E-state index contributed by atoms with van der Waals surface area (Å²) in [5, 5.41) is 3.52. The van der Waals surface area contributed by atoms with Crippen molar-refractivity contribution >= 4 is 35.0 Å². The summed E-state index contributed by atoms with van der Waals surface area (Å²) in [5.74, 6) is 0.717. The number of hydrogen-bond acceptors (Lipinski definition) is 7. The normalized spacial score (nSPS) is 10.4. The van der Waals surface area contributed by atoms with Crippen LogP contribution >= 0.6 is 11.6 Å². The van der Waals surface area contributed by atoms with Gasteiger partial charge in [-0.1, -0.05) is 11.6 Å². The molecule has 0 bridgehead atoms. The van der Waals surface area contributed by atoms with Crippen LogP contribution in [-0.4, -0.2) is 41.6 Å². The van der Waals surface area contributed by atoms with E-state index in [1.807, 2.05) is 30.1 Å². The highest BCUT2D eigenvalue weighted by molar-refractivity contribution is 6.33. The molecular weight excluding hydrogens is 378 g/mol. The molecule has 0 aliphatic heterocycles. The van der Waals surface area contributed by atoms with E-state index in [1.54, 1.807) is 36.8 Å². The zero-order chi connectivity index (χ0) is 19.9. The number of likely N-dealkylation sites (N-methyl/N-ethyl adjacent to an activating group) is 1. The Labute approximate surface area is 168 Å². The summed E-state index contributed by atoms with van der Waals surface area (Å²) in [5.41, 5.74) is 2.13. The van der Waals surface area contributed by atoms with Gasteiger partial charge in [0.15, 0.2) is 0 Å². The molecule has 0 aliphatic carbocycles. The van der Waals surface area contributed by atoms with Gasteiger partial charge < -0.3 is 15.0 Å². The molecule has 8 heteroatoms. The lowest BCUT2D eigenvalue weighted by molar-refractivity contribution is 0.0601. The molecular formula is C20H20ClN5O2. The van der Waals surface area contributed by atoms with Crippen LogP contribution in [0.2, 0.25) is 5.02 Å². The van der Waals surface area contributed by atoms with Crippen molar-refractivity contribution in [1.82, 2.24) is 15.0 Å². The Morgan fingerprint density at radius 1 is 1.18 bits per heavy atom. The SMILES string of the molecule is COC(=O)c1ccc(Cl)c(Nc2nccc(N(C)CCc3ccncc3)n2)c1. The number of anilines is 3. The number of ether oxygens (including phenoxy) is 1. The Kier molecular flexibility index (Phi) is 6.39. The zero-order valence-corrected chi connectivity index (χ0v) is 16.3. The van der Waals surface area contributed by atoms with Gasteiger partial charge in [-0.05, 0) is 48.4 Å². The first-order valence-corrected chi connectivity index (χ1v) is 9.02. The van der Waals surface area contributed by atoms with Gasteiger partial charge in [-0.2, -0.15) is 4.98 Å². The number of pyridine rings is 1. The number of halogens is 1. The van der Waals surface area contributed by atoms with Crippen molar-refractivity contribution in [1.29, 1.82) is 0 Å². The van der Waals surface area contributed by atoms with Gasteiger partial charge >= 0.3 is 5.97 Å². The minimum atomic E-state index is -0.440. The van der Waals surface area contributed by atoms with Crippen LogP contribution in [0.1, 0.15) is 15.9 Å². The molecule has 2 aromatic heterocycles. The van der Waals surface area contributed by atoms with Gasteiger partial charge in [-0.15, -0.1) is 0 Å². The molecule has 0 amide bonds. The highest BCUT2D eigenvalue weighted by Gasteiger charge is 2.11. The van der Waals surface area contributed by atoms with Crippen LogP contribution in [0.4, 0.5) is 17.5 Å². The van der Waals surface area contributed by atoms with E-state index < -0.39 is 5.97 Å². The van der Waals surface area contributed by atoms with E-state index in [2.05, 4.69) is 20.3 Å². The number of benzene rings is 1. The Morgan fingerprint density at radius 3 is 2.71 bits per heavy atom. The maximum absolute atomic E-state index is 11.7. The molecule has 3 rings (SSSR count). The minimum absolute atomic E-state index is 0.386. The summed E-state index contributed by atoms with van der Waals surface area (Å²) in [6.45, 7) is 0.791. The predicted octanol–water partition coefficient (Wildman–Crippen LogP) is 3.73. The van der Waals surface area contributed by atoms with Gasteiger partial charge in [-0.3, -0.25) is 4.98 Å². The highest BCUT2D eigenvalue weighted by atomic mass is 35.5. The van der Waals surface area contributed by atoms with Crippen molar-refractivity contribution in [2.45, 2.75) is 6.42 Å². The maximum atomic E-state index is 11.7. The van der Waals surface area contributed by atoms with Crippen LogP contribution in [-0.2, 0) is 11.2 Å². The molecule has 0 aliphatic rings. The number of nitrogens with zero attached hydrogens (tertiary/aromatic N) is 4. The van der Waals surface area contributed by atoms with Crippen LogP contribution in [0.15, 0.2) is 55.0 Å². The fourth-order valence-corrected chi connectivity index (χ4v) is 2.73. The number of hydrogen-bond donors (Lipinski definition) is 1. The lowest BCUT2D eigenvalue weighted by Crippen LogP contribution is -2.21. The summed E-state index contributed by atoms with van der Waals surface area (Å²) < 4.78 is 4.74. The van der Waals surface area contributed by atoms with Crippen molar-refractivity contribution in [3.05, 3.63) is 71.1 Å². The van der Waals surface area contributed by atoms with Crippen molar-refractivity contribution in [2.24, 2.45) is 0 Å². The summed E-state index contributed by atoms with van der Waals surface area (Å²) >= 11 is 6.23. The molecule has 0 radical (unpaired) electrons. The quantitative estimate of drug-likeness (QED) is 0.608. The van der Waals surface area contributed by atoms with Gasteiger partial charge in [0, 0.05) is 32.2 Å². The first kappa shape index (κ1) is 19.6. The van der Waals surface area contributed by atoms with E-state index in [0.717, 1.165) is 18.8 Å². The highest BCUT2D eigenvalue weighted by Crippen LogP contribution is 2.26. The Hall–Kier alpha value is -3.19. The molecule has 0 spiro atoms. The molecule has 0 saturated heterocycles. The number of aromatic nitrogens is 3. The average Bonchev–Trinajstić information content (AvgIpc) is 2.74. The largest absolute Gasteiger partial charge is 0.465 e. The summed E-state index contributed by atoms with van der Waals surface area (Å²) in [4.78, 5) is 26.6. The smallest absolute Gasteiger partial charge is 0.337 e. The summed E-state index contributed by atoms with van der Waals surface area (Å²) in [6.07, 6.45) is 6.12. The number of carbonyl (C=O) groups excluding carboxylic acids is 1. The van der Waals surface area contributed by atoms with Crippen molar-refractivity contribution in [2.75, 3.05) is 30.9 Å². The number of methoxy groups -OCH3 is 1. The lowest BCUT2D eigenvalue weighted by Gasteiger charge is -2.18. The fraction of sp³-hybridized carbons (Fsp3) is 0.200. The van der Waals surface area contributed by atoms with E-state index in [4.69, 9.17) is 16.3 Å². The third kappa shape index (κ3) is 4.95. The molecule has 0 atom stereocenters. The molecule has 0 saturated carbocycles. The van der Waals surface area contributed by atoms with E-state index in [1.165, 1.54) is 12.7 Å². The third-order valence-corrected chi connectivity index (χ3v) is 4.48. The zero-order valence-electron chi connectivity index (χ0n) is 15.6. The van der Waals surface area contributed by atoms with Crippen molar-refractivity contribution in [3.8, 4) is 0 Å². The predicted molar refractivity (Wildman–Crippen MR) is 109 cm³/mol. The van der Waals surface area contributed by atoms with Crippen LogP contribution < -0.4 is 10.2 Å². The van der Waals surface area contributed by atoms with Crippen LogP contribution in [0, 0.1) is 0 Å². The van der Waals surface area contributed by atoms with Crippen LogP contribution in [0.25, 0.3) is 0 Å². The van der Waals surface area contributed by atoms with Gasteiger partial charge in [-0.25, -0.2) is 9.78 Å². The third-order valence-electron chi connectivity index (χ3n) is 4.15. The first-order valence-electron chi connectivity index (χ1n) is 8.65. The molecule has 0 unspecified atom stereocenters. The molecule has 7 nitrogen and oxygen atoms in total. The molecule has 144 valence electrons. The second-order valence-corrected chi connectivity index (χ2v) is 6.48. The van der Waals surface area contributed by atoms with Gasteiger partial charge in [0.25, 0.3) is 0 Å². The molecule has 28 heavy (non-hydrogen) atoms. The molecule has 2 heterocycles. The second kappa shape index (κ2) is 9.14. The number of rotatable bonds is 7. The molecule has 3 aromatic rings. The standard InChI is InChI=1S/C20H20ClN5O2/c1-26(12-8-14-5-9-22-10-6-14)18-7-11-23-20(25-18)24-17-13-15(19(27)28-2)3-4-16(17)21/h3-7,9-11,13H,8,12H2,1-2H3,(H,23,24,25). The molecule has 0 fully saturated rings. The lowest BCUT2D eigenvalue weighted by atomic mass is 10.2. The molecule has 1 N–H and O–H groups in total. The number of nitrogens with one attached hydrogen (secondary N) is 1. The Bertz CT molecular complexity index is 952. The summed E-state index contributed by atoms with van der Waals surface area (Å²) in [6, 6.07) is 10.7. The fourth-order valence-electron chi connectivity index (χ4n) is 2.57. The van der Waals surface area contributed by atoms with Gasteiger partial charge in [0.2, 0.25) is 5.95 Å².